The fourth-order valence-electron chi connectivity index (χ4n) is 11.1. The average Bonchev–Trinajstić information content (AvgIpc) is 3.76. The van der Waals surface area contributed by atoms with Crippen LogP contribution in [0.2, 0.25) is 0 Å². The molecule has 0 unspecified atom stereocenters. The molecule has 272 valence electrons. The zero-order chi connectivity index (χ0) is 38.5. The molecule has 0 amide bonds. The van der Waals surface area contributed by atoms with Crippen molar-refractivity contribution in [3.05, 3.63) is 228 Å². The van der Waals surface area contributed by atoms with E-state index in [2.05, 4.69) is 196 Å². The molecule has 0 nitrogen and oxygen atoms in total. The van der Waals surface area contributed by atoms with E-state index in [1.807, 2.05) is 6.08 Å². The molecule has 0 heteroatoms. The molecule has 12 rings (SSSR count). The molecule has 0 saturated heterocycles. The van der Waals surface area contributed by atoms with Crippen LogP contribution in [-0.2, 0) is 11.8 Å². The lowest BCUT2D eigenvalue weighted by Gasteiger charge is -2.32. The van der Waals surface area contributed by atoms with Crippen molar-refractivity contribution in [2.24, 2.45) is 0 Å². The Labute approximate surface area is 339 Å². The Morgan fingerprint density at radius 2 is 1.17 bits per heavy atom. The highest BCUT2D eigenvalue weighted by molar-refractivity contribution is 6.22. The van der Waals surface area contributed by atoms with E-state index in [-0.39, 0.29) is 0 Å². The first-order valence-electron chi connectivity index (χ1n) is 20.6. The Balaban J connectivity index is 1.14. The fourth-order valence-corrected chi connectivity index (χ4v) is 11.1. The SMILES string of the molecule is C=C/C(=C\C)c1cccc(-c2c3ccccc3c(-c3ccc4c5c(ccc4c3)-c3c(ccc4c3C=CCC4)C53c4ccccc4-c4ccccc43)c3ccccc23)c1. The van der Waals surface area contributed by atoms with Gasteiger partial charge in [-0.25, -0.2) is 0 Å². The molecule has 3 aliphatic rings. The minimum Gasteiger partial charge on any atom is -0.0985 e. The Morgan fingerprint density at radius 1 is 0.534 bits per heavy atom. The molecule has 0 heterocycles. The average molecular weight is 737 g/mol. The summed E-state index contributed by atoms with van der Waals surface area (Å²) in [7, 11) is 0. The van der Waals surface area contributed by atoms with Crippen molar-refractivity contribution in [3.63, 3.8) is 0 Å². The predicted molar refractivity (Wildman–Crippen MR) is 247 cm³/mol. The Kier molecular flexibility index (Phi) is 7.14. The van der Waals surface area contributed by atoms with Crippen LogP contribution in [0.4, 0.5) is 0 Å². The third kappa shape index (κ3) is 4.35. The quantitative estimate of drug-likeness (QED) is 0.125. The van der Waals surface area contributed by atoms with E-state index in [0.29, 0.717) is 0 Å². The first-order chi connectivity index (χ1) is 28.7. The van der Waals surface area contributed by atoms with Crippen LogP contribution in [0.5, 0.6) is 0 Å². The third-order valence-corrected chi connectivity index (χ3v) is 13.5. The molecule has 0 aromatic heterocycles. The highest BCUT2D eigenvalue weighted by Crippen LogP contribution is 2.65. The van der Waals surface area contributed by atoms with Crippen LogP contribution < -0.4 is 0 Å². The molecule has 0 radical (unpaired) electrons. The number of aryl methyl sites for hydroxylation is 1. The summed E-state index contributed by atoms with van der Waals surface area (Å²) in [5.74, 6) is 0. The van der Waals surface area contributed by atoms with Gasteiger partial charge in [0, 0.05) is 0 Å². The maximum atomic E-state index is 4.09. The van der Waals surface area contributed by atoms with Crippen LogP contribution in [-0.4, -0.2) is 0 Å². The van der Waals surface area contributed by atoms with Gasteiger partial charge < -0.3 is 0 Å². The molecule has 9 aromatic carbocycles. The summed E-state index contributed by atoms with van der Waals surface area (Å²) in [4.78, 5) is 0. The van der Waals surface area contributed by atoms with Crippen molar-refractivity contribution < 1.29 is 0 Å². The number of allylic oxidation sites excluding steroid dienone is 4. The summed E-state index contributed by atoms with van der Waals surface area (Å²) in [6, 6.07) is 62.3. The van der Waals surface area contributed by atoms with E-state index in [9.17, 15) is 0 Å². The molecule has 3 aliphatic carbocycles. The van der Waals surface area contributed by atoms with Gasteiger partial charge in [-0.15, -0.1) is 0 Å². The lowest BCUT2D eigenvalue weighted by molar-refractivity contribution is 0.800. The van der Waals surface area contributed by atoms with Crippen molar-refractivity contribution in [3.8, 4) is 44.5 Å². The summed E-state index contributed by atoms with van der Waals surface area (Å²) in [5.41, 5.74) is 20.8. The molecule has 1 spiro atoms. The molecule has 0 atom stereocenters. The normalized spacial score (nSPS) is 14.4. The Hall–Kier alpha value is -7.02. The van der Waals surface area contributed by atoms with Gasteiger partial charge in [-0.2, -0.15) is 0 Å². The van der Waals surface area contributed by atoms with E-state index in [1.165, 1.54) is 116 Å². The number of benzene rings is 9. The molecule has 9 aromatic rings. The smallest absolute Gasteiger partial charge is 0.0731 e. The van der Waals surface area contributed by atoms with Crippen molar-refractivity contribution in [2.75, 3.05) is 0 Å². The van der Waals surface area contributed by atoms with Gasteiger partial charge in [0.1, 0.15) is 0 Å². The zero-order valence-corrected chi connectivity index (χ0v) is 32.5. The summed E-state index contributed by atoms with van der Waals surface area (Å²) in [6.07, 6.45) is 11.0. The van der Waals surface area contributed by atoms with Crippen LogP contribution in [0.1, 0.15) is 52.3 Å². The van der Waals surface area contributed by atoms with Crippen molar-refractivity contribution in [1.82, 2.24) is 0 Å². The summed E-state index contributed by atoms with van der Waals surface area (Å²) in [5, 5.41) is 7.63. The zero-order valence-electron chi connectivity index (χ0n) is 32.5. The lowest BCUT2D eigenvalue weighted by atomic mass is 9.69. The van der Waals surface area contributed by atoms with Crippen LogP contribution >= 0.6 is 0 Å². The second kappa shape index (κ2) is 12.5. The van der Waals surface area contributed by atoms with Crippen LogP contribution in [0.15, 0.2) is 189 Å². The minimum atomic E-state index is -0.410. The van der Waals surface area contributed by atoms with Gasteiger partial charge in [0.05, 0.1) is 5.41 Å². The van der Waals surface area contributed by atoms with E-state index in [0.717, 1.165) is 18.4 Å². The fraction of sp³-hybridized carbons (Fsp3) is 0.0690. The highest BCUT2D eigenvalue weighted by atomic mass is 14.5. The molecule has 0 bridgehead atoms. The van der Waals surface area contributed by atoms with Gasteiger partial charge in [0.15, 0.2) is 0 Å². The van der Waals surface area contributed by atoms with Crippen LogP contribution in [0.3, 0.4) is 0 Å². The molecular formula is C58H40. The maximum absolute atomic E-state index is 4.09. The molecule has 0 aliphatic heterocycles. The summed E-state index contributed by atoms with van der Waals surface area (Å²) in [6.45, 7) is 6.17. The van der Waals surface area contributed by atoms with Crippen LogP contribution in [0, 0.1) is 0 Å². The van der Waals surface area contributed by atoms with Crippen molar-refractivity contribution in [1.29, 1.82) is 0 Å². The molecule has 58 heavy (non-hydrogen) atoms. The van der Waals surface area contributed by atoms with Gasteiger partial charge in [0.25, 0.3) is 0 Å². The monoisotopic (exact) mass is 736 g/mol. The number of hydrogen-bond donors (Lipinski definition) is 0. The lowest BCUT2D eigenvalue weighted by Crippen LogP contribution is -2.26. The van der Waals surface area contributed by atoms with Crippen molar-refractivity contribution >= 4 is 44.0 Å². The van der Waals surface area contributed by atoms with E-state index in [4.69, 9.17) is 0 Å². The Bertz CT molecular complexity index is 3210. The first kappa shape index (κ1) is 33.2. The van der Waals surface area contributed by atoms with Gasteiger partial charge in [0.2, 0.25) is 0 Å². The third-order valence-electron chi connectivity index (χ3n) is 13.5. The summed E-state index contributed by atoms with van der Waals surface area (Å²) < 4.78 is 0. The first-order valence-corrected chi connectivity index (χ1v) is 20.6. The predicted octanol–water partition coefficient (Wildman–Crippen LogP) is 15.4. The second-order valence-corrected chi connectivity index (χ2v) is 16.1. The van der Waals surface area contributed by atoms with E-state index < -0.39 is 5.41 Å². The van der Waals surface area contributed by atoms with E-state index in [1.54, 1.807) is 0 Å². The van der Waals surface area contributed by atoms with Crippen molar-refractivity contribution in [2.45, 2.75) is 25.2 Å². The minimum absolute atomic E-state index is 0.410. The molecule has 0 saturated carbocycles. The van der Waals surface area contributed by atoms with Gasteiger partial charge in [-0.05, 0) is 153 Å². The van der Waals surface area contributed by atoms with Crippen LogP contribution in [0.25, 0.3) is 88.5 Å². The number of hydrogen-bond acceptors (Lipinski definition) is 0. The number of rotatable bonds is 4. The summed E-state index contributed by atoms with van der Waals surface area (Å²) >= 11 is 0. The van der Waals surface area contributed by atoms with Gasteiger partial charge in [-0.3, -0.25) is 0 Å². The van der Waals surface area contributed by atoms with E-state index >= 15 is 0 Å². The standard InChI is InChI=1S/C58H40/c1-3-36(4-2)38-17-15-18-40(34-38)54-46-22-7-9-24-48(46)55(49-25-10-8-23-47(49)54)41-29-31-43-39(35-41)28-32-50-56-42-19-6-5-16-37(42)30-33-53(56)58(57(43)50)51-26-13-11-20-44(51)45-21-12-14-27-52(45)58/h3-4,6-15,17-35H,1,5,16H2,2H3/b36-4+. The molecular weight excluding hydrogens is 697 g/mol. The molecule has 0 N–H and O–H groups in total. The maximum Gasteiger partial charge on any atom is 0.0731 e. The topological polar surface area (TPSA) is 0 Å². The second-order valence-electron chi connectivity index (χ2n) is 16.1. The van der Waals surface area contributed by atoms with Gasteiger partial charge in [-0.1, -0.05) is 183 Å². The number of fused-ring (bicyclic) bond motifs is 16. The highest BCUT2D eigenvalue weighted by Gasteiger charge is 2.53. The molecule has 0 fully saturated rings. The Morgan fingerprint density at radius 3 is 1.83 bits per heavy atom. The largest absolute Gasteiger partial charge is 0.0985 e. The van der Waals surface area contributed by atoms with Gasteiger partial charge >= 0.3 is 0 Å².